The Morgan fingerprint density at radius 2 is 1.84 bits per heavy atom. The predicted octanol–water partition coefficient (Wildman–Crippen LogP) is 3.79. The van der Waals surface area contributed by atoms with Gasteiger partial charge in [0.25, 0.3) is 0 Å². The molecule has 0 atom stereocenters. The summed E-state index contributed by atoms with van der Waals surface area (Å²) in [6.45, 7) is 6.05. The summed E-state index contributed by atoms with van der Waals surface area (Å²) in [5.41, 5.74) is 2.75. The first-order chi connectivity index (χ1) is 12.0. The van der Waals surface area contributed by atoms with Gasteiger partial charge in [-0.1, -0.05) is 24.3 Å². The summed E-state index contributed by atoms with van der Waals surface area (Å²) in [5, 5.41) is 2.85. The van der Waals surface area contributed by atoms with Crippen LogP contribution in [0.4, 0.5) is 10.1 Å². The average molecular weight is 338 g/mol. The number of hydrogen-bond acceptors (Lipinski definition) is 3. The number of anilines is 1. The largest absolute Gasteiger partial charge is 0.378 e. The molecule has 5 heteroatoms. The molecule has 3 rings (SSSR count). The second kappa shape index (κ2) is 6.99. The molecule has 0 radical (unpaired) electrons. The summed E-state index contributed by atoms with van der Waals surface area (Å²) in [7, 11) is 0. The van der Waals surface area contributed by atoms with E-state index in [1.807, 2.05) is 31.2 Å². The lowest BCUT2D eigenvalue weighted by Gasteiger charge is -2.40. The zero-order valence-electron chi connectivity index (χ0n) is 14.0. The minimum atomic E-state index is -0.721. The maximum absolute atomic E-state index is 13.0. The summed E-state index contributed by atoms with van der Waals surface area (Å²) in [6, 6.07) is 13.5. The molecule has 1 saturated heterocycles. The van der Waals surface area contributed by atoms with Crippen LogP contribution in [0, 0.1) is 5.82 Å². The van der Waals surface area contributed by atoms with Crippen LogP contribution in [0.1, 0.15) is 18.1 Å². The lowest BCUT2D eigenvalue weighted by Crippen LogP contribution is -2.55. The molecule has 0 aliphatic carbocycles. The van der Waals surface area contributed by atoms with Crippen molar-refractivity contribution < 1.29 is 13.9 Å². The van der Waals surface area contributed by atoms with Crippen molar-refractivity contribution in [2.75, 3.05) is 18.5 Å². The van der Waals surface area contributed by atoms with E-state index in [2.05, 4.69) is 17.0 Å². The molecular weight excluding hydrogens is 319 g/mol. The summed E-state index contributed by atoms with van der Waals surface area (Å²) in [6.07, 6.45) is 1.69. The third-order valence-electron chi connectivity index (χ3n) is 4.41. The first-order valence-corrected chi connectivity index (χ1v) is 7.93. The molecule has 1 fully saturated rings. The highest BCUT2D eigenvalue weighted by atomic mass is 19.1. The Morgan fingerprint density at radius 3 is 2.36 bits per heavy atom. The standard InChI is InChI=1S/C20H19FN2O2/c1-14(11-22-2)15-3-5-16(6-4-15)20(12-25-13-20)19(24)23-18-9-7-17(21)8-10-18/h3-11H,2,12-13H2,1H3,(H,23,24)/b14-11+. The van der Waals surface area contributed by atoms with E-state index in [0.717, 1.165) is 16.7 Å². The summed E-state index contributed by atoms with van der Waals surface area (Å²) >= 11 is 0. The highest BCUT2D eigenvalue weighted by molar-refractivity contribution is 6.00. The summed E-state index contributed by atoms with van der Waals surface area (Å²) < 4.78 is 18.3. The molecule has 4 nitrogen and oxygen atoms in total. The number of rotatable bonds is 5. The fourth-order valence-electron chi connectivity index (χ4n) is 2.78. The van der Waals surface area contributed by atoms with Crippen molar-refractivity contribution in [3.05, 3.63) is 71.7 Å². The number of amides is 1. The molecule has 2 aromatic carbocycles. The van der Waals surface area contributed by atoms with Crippen molar-refractivity contribution in [1.29, 1.82) is 0 Å². The molecule has 0 aromatic heterocycles. The van der Waals surface area contributed by atoms with Crippen molar-refractivity contribution in [2.45, 2.75) is 12.3 Å². The highest BCUT2D eigenvalue weighted by Crippen LogP contribution is 2.34. The topological polar surface area (TPSA) is 50.7 Å². The zero-order chi connectivity index (χ0) is 17.9. The van der Waals surface area contributed by atoms with Gasteiger partial charge in [-0.3, -0.25) is 9.79 Å². The molecule has 1 amide bonds. The zero-order valence-corrected chi connectivity index (χ0v) is 14.0. The number of carbonyl (C=O) groups is 1. The maximum Gasteiger partial charge on any atom is 0.239 e. The highest BCUT2D eigenvalue weighted by Gasteiger charge is 2.47. The third kappa shape index (κ3) is 3.37. The molecule has 1 heterocycles. The van der Waals surface area contributed by atoms with Gasteiger partial charge in [-0.15, -0.1) is 0 Å². The van der Waals surface area contributed by atoms with E-state index < -0.39 is 5.41 Å². The van der Waals surface area contributed by atoms with E-state index in [0.29, 0.717) is 18.9 Å². The van der Waals surface area contributed by atoms with Crippen molar-refractivity contribution in [2.24, 2.45) is 4.99 Å². The van der Waals surface area contributed by atoms with Gasteiger partial charge in [-0.2, -0.15) is 0 Å². The Kier molecular flexibility index (Phi) is 4.76. The van der Waals surface area contributed by atoms with E-state index in [9.17, 15) is 9.18 Å². The number of nitrogens with zero attached hydrogens (tertiary/aromatic N) is 1. The molecule has 1 aliphatic heterocycles. The molecule has 0 saturated carbocycles. The minimum absolute atomic E-state index is 0.155. The number of benzene rings is 2. The van der Waals surface area contributed by atoms with Crippen LogP contribution in [0.25, 0.3) is 5.57 Å². The third-order valence-corrected chi connectivity index (χ3v) is 4.41. The number of hydrogen-bond donors (Lipinski definition) is 1. The average Bonchev–Trinajstić information content (AvgIpc) is 2.57. The van der Waals surface area contributed by atoms with E-state index in [-0.39, 0.29) is 11.7 Å². The molecule has 1 N–H and O–H groups in total. The van der Waals surface area contributed by atoms with Gasteiger partial charge in [-0.05, 0) is 54.6 Å². The Bertz CT molecular complexity index is 807. The van der Waals surface area contributed by atoms with Crippen LogP contribution in [0.15, 0.2) is 59.7 Å². The molecule has 1 aliphatic rings. The number of allylic oxidation sites excluding steroid dienone is 1. The van der Waals surface area contributed by atoms with Crippen LogP contribution in [0.5, 0.6) is 0 Å². The van der Waals surface area contributed by atoms with Crippen LogP contribution in [-0.2, 0) is 14.9 Å². The lowest BCUT2D eigenvalue weighted by atomic mass is 9.77. The fourth-order valence-corrected chi connectivity index (χ4v) is 2.78. The minimum Gasteiger partial charge on any atom is -0.378 e. The van der Waals surface area contributed by atoms with Crippen molar-refractivity contribution >= 4 is 23.9 Å². The fraction of sp³-hybridized carbons (Fsp3) is 0.200. The molecule has 2 aromatic rings. The molecular formula is C20H19FN2O2. The smallest absolute Gasteiger partial charge is 0.239 e. The Morgan fingerprint density at radius 1 is 1.20 bits per heavy atom. The SMILES string of the molecule is C=N/C=C(\C)c1ccc(C2(C(=O)Nc3ccc(F)cc3)COC2)cc1. The Labute approximate surface area is 146 Å². The van der Waals surface area contributed by atoms with Gasteiger partial charge in [0.05, 0.1) is 13.2 Å². The van der Waals surface area contributed by atoms with Crippen LogP contribution < -0.4 is 5.32 Å². The molecule has 25 heavy (non-hydrogen) atoms. The normalized spacial score (nSPS) is 16.0. The molecule has 0 unspecified atom stereocenters. The second-order valence-corrected chi connectivity index (χ2v) is 6.11. The molecule has 0 spiro atoms. The quantitative estimate of drug-likeness (QED) is 0.843. The van der Waals surface area contributed by atoms with E-state index in [1.165, 1.54) is 12.1 Å². The van der Waals surface area contributed by atoms with Crippen molar-refractivity contribution in [1.82, 2.24) is 0 Å². The molecule has 128 valence electrons. The maximum atomic E-state index is 13.0. The number of carbonyl (C=O) groups excluding carboxylic acids is 1. The molecule has 0 bridgehead atoms. The number of halogens is 1. The first kappa shape index (κ1) is 17.0. The van der Waals surface area contributed by atoms with Crippen LogP contribution in [-0.4, -0.2) is 25.8 Å². The monoisotopic (exact) mass is 338 g/mol. The van der Waals surface area contributed by atoms with Gasteiger partial charge in [-0.25, -0.2) is 4.39 Å². The van der Waals surface area contributed by atoms with E-state index in [1.54, 1.807) is 18.3 Å². The van der Waals surface area contributed by atoms with Gasteiger partial charge in [0.15, 0.2) is 0 Å². The van der Waals surface area contributed by atoms with Crippen molar-refractivity contribution in [3.8, 4) is 0 Å². The predicted molar refractivity (Wildman–Crippen MR) is 97.2 cm³/mol. The Hall–Kier alpha value is -2.79. The van der Waals surface area contributed by atoms with Crippen molar-refractivity contribution in [3.63, 3.8) is 0 Å². The number of nitrogens with one attached hydrogen (secondary N) is 1. The number of aliphatic imine (C=N–C) groups is 1. The van der Waals surface area contributed by atoms with Crippen LogP contribution >= 0.6 is 0 Å². The first-order valence-electron chi connectivity index (χ1n) is 7.93. The van der Waals surface area contributed by atoms with Gasteiger partial charge >= 0.3 is 0 Å². The van der Waals surface area contributed by atoms with E-state index >= 15 is 0 Å². The summed E-state index contributed by atoms with van der Waals surface area (Å²) in [5.74, 6) is -0.495. The summed E-state index contributed by atoms with van der Waals surface area (Å²) in [4.78, 5) is 16.6. The van der Waals surface area contributed by atoms with Crippen LogP contribution in [0.2, 0.25) is 0 Å². The second-order valence-electron chi connectivity index (χ2n) is 6.11. The van der Waals surface area contributed by atoms with Gasteiger partial charge in [0.1, 0.15) is 11.2 Å². The van der Waals surface area contributed by atoms with Gasteiger partial charge in [0.2, 0.25) is 5.91 Å². The number of ether oxygens (including phenoxy) is 1. The van der Waals surface area contributed by atoms with E-state index in [4.69, 9.17) is 4.74 Å². The van der Waals surface area contributed by atoms with Gasteiger partial charge < -0.3 is 10.1 Å². The van der Waals surface area contributed by atoms with Crippen LogP contribution in [0.3, 0.4) is 0 Å². The Balaban J connectivity index is 1.82. The van der Waals surface area contributed by atoms with Gasteiger partial charge in [0, 0.05) is 11.9 Å². The lowest BCUT2D eigenvalue weighted by molar-refractivity contribution is -0.139.